The molecule has 0 saturated carbocycles. The van der Waals surface area contributed by atoms with Crippen LogP contribution < -0.4 is 4.74 Å². The second-order valence-corrected chi connectivity index (χ2v) is 5.63. The average molecular weight is 291 g/mol. The maximum atomic E-state index is 10.8. The number of aromatic carboxylic acids is 1. The van der Waals surface area contributed by atoms with Gasteiger partial charge in [0.15, 0.2) is 0 Å². The Labute approximate surface area is 126 Å². The van der Waals surface area contributed by atoms with Crippen LogP contribution in [0, 0.1) is 0 Å². The Bertz CT molecular complexity index is 444. The first kappa shape index (κ1) is 15.8. The van der Waals surface area contributed by atoms with E-state index in [9.17, 15) is 4.79 Å². The van der Waals surface area contributed by atoms with Crippen LogP contribution in [0.5, 0.6) is 5.75 Å². The van der Waals surface area contributed by atoms with Gasteiger partial charge in [-0.3, -0.25) is 4.90 Å². The van der Waals surface area contributed by atoms with E-state index in [4.69, 9.17) is 9.84 Å². The molecule has 4 heteroatoms. The second-order valence-electron chi connectivity index (χ2n) is 5.63. The Hall–Kier alpha value is -1.55. The summed E-state index contributed by atoms with van der Waals surface area (Å²) in [4.78, 5) is 13.3. The molecular formula is C17H25NO3. The minimum absolute atomic E-state index is 0.293. The molecule has 21 heavy (non-hydrogen) atoms. The highest BCUT2D eigenvalue weighted by atomic mass is 16.5. The van der Waals surface area contributed by atoms with Crippen LogP contribution in [0.15, 0.2) is 24.3 Å². The Morgan fingerprint density at radius 3 is 2.71 bits per heavy atom. The summed E-state index contributed by atoms with van der Waals surface area (Å²) in [5.41, 5.74) is 0.293. The van der Waals surface area contributed by atoms with Gasteiger partial charge in [-0.1, -0.05) is 19.8 Å². The molecule has 1 aliphatic rings. The first-order valence-electron chi connectivity index (χ1n) is 7.91. The van der Waals surface area contributed by atoms with Gasteiger partial charge < -0.3 is 9.84 Å². The van der Waals surface area contributed by atoms with Crippen molar-refractivity contribution in [2.45, 2.75) is 45.1 Å². The third-order valence-electron chi connectivity index (χ3n) is 4.22. The molecule has 1 N–H and O–H groups in total. The van der Waals surface area contributed by atoms with E-state index in [-0.39, 0.29) is 0 Å². The van der Waals surface area contributed by atoms with Crippen molar-refractivity contribution in [2.75, 3.05) is 19.7 Å². The molecule has 116 valence electrons. The number of carboxylic acid groups (broad SMARTS) is 1. The van der Waals surface area contributed by atoms with Gasteiger partial charge in [0, 0.05) is 12.6 Å². The topological polar surface area (TPSA) is 49.8 Å². The third kappa shape index (κ3) is 4.74. The molecule has 0 aromatic heterocycles. The molecule has 1 saturated heterocycles. The quantitative estimate of drug-likeness (QED) is 0.872. The summed E-state index contributed by atoms with van der Waals surface area (Å²) in [6.45, 7) is 5.02. The van der Waals surface area contributed by atoms with Crippen molar-refractivity contribution in [1.29, 1.82) is 0 Å². The first-order valence-corrected chi connectivity index (χ1v) is 7.91. The molecule has 1 aromatic carbocycles. The van der Waals surface area contributed by atoms with E-state index in [0.29, 0.717) is 18.2 Å². The fourth-order valence-electron chi connectivity index (χ4n) is 2.97. The van der Waals surface area contributed by atoms with Crippen molar-refractivity contribution in [3.8, 4) is 5.75 Å². The Kier molecular flexibility index (Phi) is 6.05. The minimum Gasteiger partial charge on any atom is -0.492 e. The predicted molar refractivity (Wildman–Crippen MR) is 83.0 cm³/mol. The minimum atomic E-state index is -0.906. The van der Waals surface area contributed by atoms with Crippen LogP contribution in [0.4, 0.5) is 0 Å². The van der Waals surface area contributed by atoms with Crippen molar-refractivity contribution in [1.82, 2.24) is 4.90 Å². The fraction of sp³-hybridized carbons (Fsp3) is 0.588. The summed E-state index contributed by atoms with van der Waals surface area (Å²) in [6.07, 6.45) is 6.46. The molecular weight excluding hydrogens is 266 g/mol. The highest BCUT2D eigenvalue weighted by molar-refractivity contribution is 5.87. The van der Waals surface area contributed by atoms with Crippen LogP contribution in [0.1, 0.15) is 49.4 Å². The average Bonchev–Trinajstić information content (AvgIpc) is 2.73. The number of benzene rings is 1. The zero-order valence-corrected chi connectivity index (χ0v) is 12.8. The molecule has 1 fully saturated rings. The largest absolute Gasteiger partial charge is 0.492 e. The van der Waals surface area contributed by atoms with Crippen LogP contribution in [0.2, 0.25) is 0 Å². The van der Waals surface area contributed by atoms with Crippen LogP contribution in [-0.4, -0.2) is 41.7 Å². The normalized spacial score (nSPS) is 20.0. The molecule has 1 unspecified atom stereocenters. The molecule has 2 rings (SSSR count). The van der Waals surface area contributed by atoms with Gasteiger partial charge in [0.05, 0.1) is 5.56 Å². The molecule has 0 radical (unpaired) electrons. The summed E-state index contributed by atoms with van der Waals surface area (Å²) in [5.74, 6) is -0.167. The van der Waals surface area contributed by atoms with Gasteiger partial charge in [0.25, 0.3) is 0 Å². The van der Waals surface area contributed by atoms with E-state index in [1.54, 1.807) is 24.3 Å². The van der Waals surface area contributed by atoms with Crippen LogP contribution >= 0.6 is 0 Å². The summed E-state index contributed by atoms with van der Waals surface area (Å²) >= 11 is 0. The highest BCUT2D eigenvalue weighted by Crippen LogP contribution is 2.19. The Balaban J connectivity index is 1.81. The van der Waals surface area contributed by atoms with E-state index >= 15 is 0 Å². The number of rotatable bonds is 6. The standard InChI is InChI=1S/C17H25NO3/c1-2-15-6-4-3-5-11-18(15)12-13-21-16-9-7-14(8-10-16)17(19)20/h7-10,15H,2-6,11-13H2,1H3,(H,19,20). The van der Waals surface area contributed by atoms with Crippen LogP contribution in [0.25, 0.3) is 0 Å². The molecule has 0 aliphatic carbocycles. The lowest BCUT2D eigenvalue weighted by Gasteiger charge is -2.28. The van der Waals surface area contributed by atoms with E-state index in [0.717, 1.165) is 12.3 Å². The SMILES string of the molecule is CCC1CCCCCN1CCOc1ccc(C(=O)O)cc1. The number of nitrogens with zero attached hydrogens (tertiary/aromatic N) is 1. The van der Waals surface area contributed by atoms with Crippen LogP contribution in [-0.2, 0) is 0 Å². The fourth-order valence-corrected chi connectivity index (χ4v) is 2.97. The third-order valence-corrected chi connectivity index (χ3v) is 4.22. The van der Waals surface area contributed by atoms with Gasteiger partial charge in [-0.25, -0.2) is 4.79 Å². The number of likely N-dealkylation sites (tertiary alicyclic amines) is 1. The highest BCUT2D eigenvalue weighted by Gasteiger charge is 2.18. The van der Waals surface area contributed by atoms with Gasteiger partial charge in [0.1, 0.15) is 12.4 Å². The summed E-state index contributed by atoms with van der Waals surface area (Å²) in [7, 11) is 0. The molecule has 1 heterocycles. The smallest absolute Gasteiger partial charge is 0.335 e. The zero-order valence-electron chi connectivity index (χ0n) is 12.8. The van der Waals surface area contributed by atoms with Crippen molar-refractivity contribution in [2.24, 2.45) is 0 Å². The lowest BCUT2D eigenvalue weighted by Crippen LogP contribution is -2.37. The second kappa shape index (κ2) is 8.03. The first-order chi connectivity index (χ1) is 10.2. The summed E-state index contributed by atoms with van der Waals surface area (Å²) in [5, 5.41) is 8.86. The van der Waals surface area contributed by atoms with Gasteiger partial charge in [-0.2, -0.15) is 0 Å². The predicted octanol–water partition coefficient (Wildman–Crippen LogP) is 3.42. The van der Waals surface area contributed by atoms with Crippen molar-refractivity contribution >= 4 is 5.97 Å². The lowest BCUT2D eigenvalue weighted by molar-refractivity contribution is 0.0697. The summed E-state index contributed by atoms with van der Waals surface area (Å²) < 4.78 is 5.74. The van der Waals surface area contributed by atoms with Crippen molar-refractivity contribution in [3.05, 3.63) is 29.8 Å². The van der Waals surface area contributed by atoms with Crippen LogP contribution in [0.3, 0.4) is 0 Å². The summed E-state index contributed by atoms with van der Waals surface area (Å²) in [6, 6.07) is 7.30. The molecule has 0 amide bonds. The maximum Gasteiger partial charge on any atom is 0.335 e. The van der Waals surface area contributed by atoms with Gasteiger partial charge in [-0.15, -0.1) is 0 Å². The van der Waals surface area contributed by atoms with Gasteiger partial charge in [-0.05, 0) is 50.1 Å². The molecule has 1 aromatic rings. The maximum absolute atomic E-state index is 10.8. The number of hydrogen-bond donors (Lipinski definition) is 1. The Morgan fingerprint density at radius 1 is 1.29 bits per heavy atom. The van der Waals surface area contributed by atoms with E-state index in [1.807, 2.05) is 0 Å². The van der Waals surface area contributed by atoms with Gasteiger partial charge >= 0.3 is 5.97 Å². The number of carbonyl (C=O) groups is 1. The number of ether oxygens (including phenoxy) is 1. The molecule has 1 atom stereocenters. The van der Waals surface area contributed by atoms with Gasteiger partial charge in [0.2, 0.25) is 0 Å². The zero-order chi connectivity index (χ0) is 15.1. The van der Waals surface area contributed by atoms with E-state index in [2.05, 4.69) is 11.8 Å². The molecule has 1 aliphatic heterocycles. The Morgan fingerprint density at radius 2 is 2.05 bits per heavy atom. The molecule has 0 spiro atoms. The van der Waals surface area contributed by atoms with E-state index in [1.165, 1.54) is 38.6 Å². The van der Waals surface area contributed by atoms with E-state index < -0.39 is 5.97 Å². The number of carboxylic acids is 1. The monoisotopic (exact) mass is 291 g/mol. The molecule has 0 bridgehead atoms. The van der Waals surface area contributed by atoms with Crippen molar-refractivity contribution < 1.29 is 14.6 Å². The lowest BCUT2D eigenvalue weighted by atomic mass is 10.1. The van der Waals surface area contributed by atoms with Crippen molar-refractivity contribution in [3.63, 3.8) is 0 Å². The molecule has 4 nitrogen and oxygen atoms in total. The number of hydrogen-bond acceptors (Lipinski definition) is 3.